The maximum atomic E-state index is 12.1. The molecule has 0 saturated carbocycles. The van der Waals surface area contributed by atoms with Crippen LogP contribution >= 0.6 is 0 Å². The molecular formula is C11H22N4O3S. The van der Waals surface area contributed by atoms with Crippen LogP contribution in [0.15, 0.2) is 11.1 Å². The van der Waals surface area contributed by atoms with Gasteiger partial charge in [0.15, 0.2) is 5.82 Å². The summed E-state index contributed by atoms with van der Waals surface area (Å²) in [6, 6.07) is 0. The second-order valence-electron chi connectivity index (χ2n) is 4.57. The van der Waals surface area contributed by atoms with Gasteiger partial charge in [0, 0.05) is 26.4 Å². The molecule has 0 radical (unpaired) electrons. The van der Waals surface area contributed by atoms with Crippen LogP contribution in [-0.4, -0.2) is 36.5 Å². The molecule has 0 amide bonds. The number of nitrogens with one attached hydrogen (secondary N) is 1. The Labute approximate surface area is 113 Å². The third kappa shape index (κ3) is 4.48. The Bertz CT molecular complexity index is 492. The largest absolute Gasteiger partial charge is 0.396 e. The third-order valence-corrected chi connectivity index (χ3v) is 4.35. The molecule has 0 aliphatic heterocycles. The Balaban J connectivity index is 2.72. The van der Waals surface area contributed by atoms with Crippen molar-refractivity contribution in [2.24, 2.45) is 13.0 Å². The van der Waals surface area contributed by atoms with E-state index in [4.69, 9.17) is 10.8 Å². The fourth-order valence-corrected chi connectivity index (χ4v) is 3.15. The van der Waals surface area contributed by atoms with Gasteiger partial charge in [-0.25, -0.2) is 13.1 Å². The standard InChI is InChI=1S/C11H22N4O3S/c1-3-4-9(5-6-16)7-13-19(17,18)10-8-15(2)14-11(10)12/h8-9,13,16H,3-7H2,1-2H3,(H2,12,14). The van der Waals surface area contributed by atoms with Crippen molar-refractivity contribution in [3.63, 3.8) is 0 Å². The molecule has 110 valence electrons. The molecule has 0 fully saturated rings. The predicted molar refractivity (Wildman–Crippen MR) is 72.9 cm³/mol. The zero-order valence-corrected chi connectivity index (χ0v) is 12.2. The highest BCUT2D eigenvalue weighted by molar-refractivity contribution is 7.89. The molecule has 1 rings (SSSR count). The molecule has 1 unspecified atom stereocenters. The Morgan fingerprint density at radius 1 is 1.53 bits per heavy atom. The summed E-state index contributed by atoms with van der Waals surface area (Å²) >= 11 is 0. The molecule has 0 saturated heterocycles. The monoisotopic (exact) mass is 290 g/mol. The highest BCUT2D eigenvalue weighted by atomic mass is 32.2. The molecule has 8 heteroatoms. The van der Waals surface area contributed by atoms with E-state index in [2.05, 4.69) is 9.82 Å². The highest BCUT2D eigenvalue weighted by Crippen LogP contribution is 2.16. The highest BCUT2D eigenvalue weighted by Gasteiger charge is 2.21. The number of hydrogen-bond donors (Lipinski definition) is 3. The van der Waals surface area contributed by atoms with Gasteiger partial charge in [0.05, 0.1) is 0 Å². The van der Waals surface area contributed by atoms with E-state index >= 15 is 0 Å². The van der Waals surface area contributed by atoms with Crippen molar-refractivity contribution in [1.29, 1.82) is 0 Å². The molecule has 1 atom stereocenters. The molecule has 4 N–H and O–H groups in total. The van der Waals surface area contributed by atoms with Gasteiger partial charge in [0.25, 0.3) is 0 Å². The topological polar surface area (TPSA) is 110 Å². The first-order valence-electron chi connectivity index (χ1n) is 6.30. The average Bonchev–Trinajstić information content (AvgIpc) is 2.67. The van der Waals surface area contributed by atoms with Gasteiger partial charge in [0.1, 0.15) is 4.90 Å². The van der Waals surface area contributed by atoms with Crippen LogP contribution in [0.5, 0.6) is 0 Å². The maximum Gasteiger partial charge on any atom is 0.245 e. The fraction of sp³-hybridized carbons (Fsp3) is 0.727. The van der Waals surface area contributed by atoms with E-state index < -0.39 is 10.0 Å². The SMILES string of the molecule is CCCC(CCO)CNS(=O)(=O)c1cn(C)nc1N. The summed E-state index contributed by atoms with van der Waals surface area (Å²) in [6.07, 6.45) is 3.77. The van der Waals surface area contributed by atoms with Gasteiger partial charge >= 0.3 is 0 Å². The molecule has 19 heavy (non-hydrogen) atoms. The minimum Gasteiger partial charge on any atom is -0.396 e. The van der Waals surface area contributed by atoms with Gasteiger partial charge in [-0.1, -0.05) is 13.3 Å². The van der Waals surface area contributed by atoms with Gasteiger partial charge in [-0.15, -0.1) is 0 Å². The van der Waals surface area contributed by atoms with E-state index in [0.29, 0.717) is 13.0 Å². The molecule has 1 aromatic rings. The van der Waals surface area contributed by atoms with Crippen LogP contribution in [0.1, 0.15) is 26.2 Å². The minimum absolute atomic E-state index is 0.00533. The number of nitrogens with zero attached hydrogens (tertiary/aromatic N) is 2. The van der Waals surface area contributed by atoms with Crippen LogP contribution in [0, 0.1) is 5.92 Å². The maximum absolute atomic E-state index is 12.1. The zero-order chi connectivity index (χ0) is 14.5. The summed E-state index contributed by atoms with van der Waals surface area (Å²) in [7, 11) is -2.03. The summed E-state index contributed by atoms with van der Waals surface area (Å²) in [6.45, 7) is 2.38. The third-order valence-electron chi connectivity index (χ3n) is 2.91. The molecule has 1 heterocycles. The number of nitrogen functional groups attached to an aromatic ring is 1. The lowest BCUT2D eigenvalue weighted by atomic mass is 10.0. The van der Waals surface area contributed by atoms with Crippen LogP contribution in [0.25, 0.3) is 0 Å². The van der Waals surface area contributed by atoms with Crippen molar-refractivity contribution in [3.8, 4) is 0 Å². The Morgan fingerprint density at radius 2 is 2.21 bits per heavy atom. The van der Waals surface area contributed by atoms with E-state index in [1.807, 2.05) is 6.92 Å². The minimum atomic E-state index is -3.64. The first-order chi connectivity index (χ1) is 8.90. The van der Waals surface area contributed by atoms with E-state index in [0.717, 1.165) is 12.8 Å². The summed E-state index contributed by atoms with van der Waals surface area (Å²) in [5, 5.41) is 12.8. The van der Waals surface area contributed by atoms with Crippen molar-refractivity contribution >= 4 is 15.8 Å². The lowest BCUT2D eigenvalue weighted by Crippen LogP contribution is -2.30. The molecule has 7 nitrogen and oxygen atoms in total. The number of sulfonamides is 1. The van der Waals surface area contributed by atoms with E-state index in [1.54, 1.807) is 7.05 Å². The number of hydrogen-bond acceptors (Lipinski definition) is 5. The van der Waals surface area contributed by atoms with Crippen LogP contribution < -0.4 is 10.5 Å². The molecule has 0 aliphatic rings. The van der Waals surface area contributed by atoms with E-state index in [9.17, 15) is 8.42 Å². The Hall–Kier alpha value is -1.12. The average molecular weight is 290 g/mol. The van der Waals surface area contributed by atoms with Gasteiger partial charge < -0.3 is 10.8 Å². The first-order valence-corrected chi connectivity index (χ1v) is 7.78. The molecule has 0 aliphatic carbocycles. The van der Waals surface area contributed by atoms with Gasteiger partial charge in [-0.2, -0.15) is 5.10 Å². The number of rotatable bonds is 8. The Kier molecular flexibility index (Phi) is 5.77. The molecule has 0 aromatic carbocycles. The second-order valence-corrected chi connectivity index (χ2v) is 6.31. The van der Waals surface area contributed by atoms with Gasteiger partial charge in [-0.3, -0.25) is 4.68 Å². The lowest BCUT2D eigenvalue weighted by molar-refractivity contribution is 0.251. The number of aliphatic hydroxyl groups excluding tert-OH is 1. The number of anilines is 1. The van der Waals surface area contributed by atoms with Crippen LogP contribution in [0.4, 0.5) is 5.82 Å². The van der Waals surface area contributed by atoms with Crippen LogP contribution in [0.3, 0.4) is 0 Å². The first kappa shape index (κ1) is 15.9. The number of aryl methyl sites for hydroxylation is 1. The summed E-state index contributed by atoms with van der Waals surface area (Å²) in [5.41, 5.74) is 5.56. The van der Waals surface area contributed by atoms with Crippen LogP contribution in [0.2, 0.25) is 0 Å². The summed E-state index contributed by atoms with van der Waals surface area (Å²) in [5.74, 6) is 0.117. The van der Waals surface area contributed by atoms with Crippen molar-refractivity contribution < 1.29 is 13.5 Å². The fourth-order valence-electron chi connectivity index (χ4n) is 1.94. The molecule has 0 bridgehead atoms. The summed E-state index contributed by atoms with van der Waals surface area (Å²) < 4.78 is 28.0. The van der Waals surface area contributed by atoms with Gasteiger partial charge in [0.2, 0.25) is 10.0 Å². The summed E-state index contributed by atoms with van der Waals surface area (Å²) in [4.78, 5) is -0.00533. The second kappa shape index (κ2) is 6.88. The van der Waals surface area contributed by atoms with Gasteiger partial charge in [-0.05, 0) is 18.8 Å². The normalized spacial score (nSPS) is 13.6. The van der Waals surface area contributed by atoms with Crippen molar-refractivity contribution in [2.75, 3.05) is 18.9 Å². The zero-order valence-electron chi connectivity index (χ0n) is 11.3. The van der Waals surface area contributed by atoms with Crippen molar-refractivity contribution in [2.45, 2.75) is 31.1 Å². The Morgan fingerprint density at radius 3 is 2.68 bits per heavy atom. The number of nitrogens with two attached hydrogens (primary N) is 1. The predicted octanol–water partition coefficient (Wildman–Crippen LogP) is 0.0793. The number of aromatic nitrogens is 2. The lowest BCUT2D eigenvalue weighted by Gasteiger charge is -2.15. The van der Waals surface area contributed by atoms with Crippen molar-refractivity contribution in [1.82, 2.24) is 14.5 Å². The molecule has 1 aromatic heterocycles. The van der Waals surface area contributed by atoms with E-state index in [1.165, 1.54) is 10.9 Å². The smallest absolute Gasteiger partial charge is 0.245 e. The van der Waals surface area contributed by atoms with Crippen molar-refractivity contribution in [3.05, 3.63) is 6.20 Å². The van der Waals surface area contributed by atoms with Crippen LogP contribution in [-0.2, 0) is 17.1 Å². The molecular weight excluding hydrogens is 268 g/mol. The quantitative estimate of drug-likeness (QED) is 0.628. The van der Waals surface area contributed by atoms with E-state index in [-0.39, 0.29) is 23.2 Å². The number of aliphatic hydroxyl groups is 1. The molecule has 0 spiro atoms.